The summed E-state index contributed by atoms with van der Waals surface area (Å²) in [6.45, 7) is 0.623. The van der Waals surface area contributed by atoms with Crippen LogP contribution < -0.4 is 11.1 Å². The lowest BCUT2D eigenvalue weighted by Crippen LogP contribution is -2.11. The highest BCUT2D eigenvalue weighted by Gasteiger charge is 2.08. The molecule has 3 aromatic rings. The number of carbonyl (C=O) groups is 1. The number of anilines is 1. The number of rotatable bonds is 4. The number of benzene rings is 1. The van der Waals surface area contributed by atoms with Gasteiger partial charge in [-0.15, -0.1) is 0 Å². The number of primary amides is 1. The van der Waals surface area contributed by atoms with Crippen molar-refractivity contribution < 1.29 is 4.79 Å². The second-order valence-electron chi connectivity index (χ2n) is 4.63. The van der Waals surface area contributed by atoms with E-state index in [1.165, 1.54) is 0 Å². The van der Waals surface area contributed by atoms with E-state index in [1.54, 1.807) is 24.4 Å². The summed E-state index contributed by atoms with van der Waals surface area (Å²) in [6, 6.07) is 8.99. The summed E-state index contributed by atoms with van der Waals surface area (Å²) in [5.74, 6) is -0.533. The van der Waals surface area contributed by atoms with Crippen molar-refractivity contribution in [1.82, 2.24) is 9.97 Å². The lowest BCUT2D eigenvalue weighted by atomic mass is 10.2. The van der Waals surface area contributed by atoms with Gasteiger partial charge in [0.25, 0.3) is 0 Å². The number of nitrogens with one attached hydrogen (secondary N) is 2. The normalized spacial score (nSPS) is 10.7. The molecule has 1 amide bonds. The molecule has 4 N–H and O–H groups in total. The van der Waals surface area contributed by atoms with Gasteiger partial charge in [0.1, 0.15) is 5.65 Å². The van der Waals surface area contributed by atoms with Crippen LogP contribution in [0.3, 0.4) is 0 Å². The summed E-state index contributed by atoms with van der Waals surface area (Å²) in [7, 11) is 0. The molecule has 106 valence electrons. The highest BCUT2D eigenvalue weighted by atomic mass is 35.5. The molecular formula is C15H13ClN4O. The van der Waals surface area contributed by atoms with Crippen LogP contribution in [0.2, 0.25) is 5.02 Å². The van der Waals surface area contributed by atoms with Gasteiger partial charge in [-0.2, -0.15) is 0 Å². The van der Waals surface area contributed by atoms with E-state index >= 15 is 0 Å². The number of hydrogen-bond donors (Lipinski definition) is 3. The predicted molar refractivity (Wildman–Crippen MR) is 83.4 cm³/mol. The monoisotopic (exact) mass is 300 g/mol. The minimum absolute atomic E-state index is 0.318. The van der Waals surface area contributed by atoms with E-state index < -0.39 is 5.91 Å². The number of fused-ring (bicyclic) bond motifs is 1. The summed E-state index contributed by atoms with van der Waals surface area (Å²) >= 11 is 6.02. The van der Waals surface area contributed by atoms with Gasteiger partial charge >= 0.3 is 0 Å². The van der Waals surface area contributed by atoms with Gasteiger partial charge < -0.3 is 16.0 Å². The first-order valence-corrected chi connectivity index (χ1v) is 6.77. The molecule has 0 unspecified atom stereocenters. The molecule has 0 aliphatic carbocycles. The third-order valence-corrected chi connectivity index (χ3v) is 3.57. The molecule has 0 atom stereocenters. The Morgan fingerprint density at radius 2 is 2.24 bits per heavy atom. The SMILES string of the molecule is NC(=O)c1ccc(NCc2c[nH]c3ncccc23)cc1Cl. The van der Waals surface area contributed by atoms with E-state index in [2.05, 4.69) is 15.3 Å². The van der Waals surface area contributed by atoms with Gasteiger partial charge in [0.05, 0.1) is 10.6 Å². The van der Waals surface area contributed by atoms with Gasteiger partial charge in [0.2, 0.25) is 5.91 Å². The zero-order chi connectivity index (χ0) is 14.8. The van der Waals surface area contributed by atoms with Crippen molar-refractivity contribution in [3.63, 3.8) is 0 Å². The fraction of sp³-hybridized carbons (Fsp3) is 0.0667. The molecule has 0 aliphatic rings. The molecule has 0 radical (unpaired) electrons. The first-order valence-electron chi connectivity index (χ1n) is 6.39. The van der Waals surface area contributed by atoms with Crippen LogP contribution in [0.25, 0.3) is 11.0 Å². The first kappa shape index (κ1) is 13.5. The smallest absolute Gasteiger partial charge is 0.250 e. The zero-order valence-electron chi connectivity index (χ0n) is 11.1. The lowest BCUT2D eigenvalue weighted by molar-refractivity contribution is 0.100. The molecule has 3 rings (SSSR count). The average molecular weight is 301 g/mol. The largest absolute Gasteiger partial charge is 0.381 e. The molecule has 0 fully saturated rings. The minimum atomic E-state index is -0.533. The maximum absolute atomic E-state index is 11.1. The molecule has 0 saturated carbocycles. The number of halogens is 1. The molecular weight excluding hydrogens is 288 g/mol. The summed E-state index contributed by atoms with van der Waals surface area (Å²) in [5.41, 5.74) is 8.33. The Morgan fingerprint density at radius 3 is 3.00 bits per heavy atom. The first-order chi connectivity index (χ1) is 10.1. The highest BCUT2D eigenvalue weighted by molar-refractivity contribution is 6.34. The average Bonchev–Trinajstić information content (AvgIpc) is 2.88. The van der Waals surface area contributed by atoms with Crippen molar-refractivity contribution in [1.29, 1.82) is 0 Å². The Balaban J connectivity index is 1.79. The van der Waals surface area contributed by atoms with Gasteiger partial charge in [-0.25, -0.2) is 4.98 Å². The van der Waals surface area contributed by atoms with Gasteiger partial charge in [-0.05, 0) is 35.9 Å². The van der Waals surface area contributed by atoms with E-state index in [0.717, 1.165) is 22.3 Å². The fourth-order valence-corrected chi connectivity index (χ4v) is 2.45. The Labute approximate surface area is 126 Å². The third-order valence-electron chi connectivity index (χ3n) is 3.25. The topological polar surface area (TPSA) is 83.8 Å². The quantitative estimate of drug-likeness (QED) is 0.692. The maximum Gasteiger partial charge on any atom is 0.250 e. The van der Waals surface area contributed by atoms with Crippen LogP contribution in [0.15, 0.2) is 42.7 Å². The van der Waals surface area contributed by atoms with Gasteiger partial charge in [-0.1, -0.05) is 11.6 Å². The number of hydrogen-bond acceptors (Lipinski definition) is 3. The number of H-pyrrole nitrogens is 1. The maximum atomic E-state index is 11.1. The van der Waals surface area contributed by atoms with Crippen molar-refractivity contribution in [3.05, 3.63) is 58.9 Å². The summed E-state index contributed by atoms with van der Waals surface area (Å²) in [6.07, 6.45) is 3.67. The number of nitrogens with zero attached hydrogens (tertiary/aromatic N) is 1. The molecule has 0 aliphatic heterocycles. The molecule has 1 aromatic carbocycles. The van der Waals surface area contributed by atoms with E-state index in [0.29, 0.717) is 17.1 Å². The zero-order valence-corrected chi connectivity index (χ0v) is 11.8. The number of aromatic nitrogens is 2. The second-order valence-corrected chi connectivity index (χ2v) is 5.03. The third kappa shape index (κ3) is 2.68. The Morgan fingerprint density at radius 1 is 1.38 bits per heavy atom. The summed E-state index contributed by atoms with van der Waals surface area (Å²) in [4.78, 5) is 18.5. The van der Waals surface area contributed by atoms with Gasteiger partial charge in [0, 0.05) is 30.0 Å². The Hall–Kier alpha value is -2.53. The molecule has 2 heterocycles. The Bertz CT molecular complexity index is 812. The Kier molecular flexibility index (Phi) is 3.50. The van der Waals surface area contributed by atoms with Crippen LogP contribution in [0, 0.1) is 0 Å². The molecule has 2 aromatic heterocycles. The van der Waals surface area contributed by atoms with Crippen LogP contribution in [0.5, 0.6) is 0 Å². The van der Waals surface area contributed by atoms with Crippen LogP contribution in [0.4, 0.5) is 5.69 Å². The highest BCUT2D eigenvalue weighted by Crippen LogP contribution is 2.22. The van der Waals surface area contributed by atoms with Crippen molar-refractivity contribution in [2.75, 3.05) is 5.32 Å². The number of amides is 1. The van der Waals surface area contributed by atoms with Crippen molar-refractivity contribution in [2.24, 2.45) is 5.73 Å². The van der Waals surface area contributed by atoms with E-state index in [9.17, 15) is 4.79 Å². The van der Waals surface area contributed by atoms with E-state index in [4.69, 9.17) is 17.3 Å². The van der Waals surface area contributed by atoms with Crippen LogP contribution in [0.1, 0.15) is 15.9 Å². The fourth-order valence-electron chi connectivity index (χ4n) is 2.18. The second kappa shape index (κ2) is 5.46. The van der Waals surface area contributed by atoms with Crippen LogP contribution >= 0.6 is 11.6 Å². The number of pyridine rings is 1. The molecule has 0 saturated heterocycles. The van der Waals surface area contributed by atoms with Crippen LogP contribution in [-0.4, -0.2) is 15.9 Å². The minimum Gasteiger partial charge on any atom is -0.381 e. The van der Waals surface area contributed by atoms with Crippen molar-refractivity contribution in [2.45, 2.75) is 6.54 Å². The van der Waals surface area contributed by atoms with Gasteiger partial charge in [0.15, 0.2) is 0 Å². The van der Waals surface area contributed by atoms with Crippen LogP contribution in [-0.2, 0) is 6.54 Å². The molecule has 5 nitrogen and oxygen atoms in total. The van der Waals surface area contributed by atoms with Crippen molar-refractivity contribution >= 4 is 34.2 Å². The summed E-state index contributed by atoms with van der Waals surface area (Å²) in [5, 5.41) is 4.68. The summed E-state index contributed by atoms with van der Waals surface area (Å²) < 4.78 is 0. The van der Waals surface area contributed by atoms with Gasteiger partial charge in [-0.3, -0.25) is 4.79 Å². The molecule has 6 heteroatoms. The predicted octanol–water partition coefficient (Wildman–Crippen LogP) is 2.93. The lowest BCUT2D eigenvalue weighted by Gasteiger charge is -2.07. The molecule has 0 bridgehead atoms. The molecule has 0 spiro atoms. The molecule has 21 heavy (non-hydrogen) atoms. The number of nitrogens with two attached hydrogens (primary N) is 1. The van der Waals surface area contributed by atoms with Crippen molar-refractivity contribution in [3.8, 4) is 0 Å². The number of carbonyl (C=O) groups excluding carboxylic acids is 1. The number of aromatic amines is 1. The van der Waals surface area contributed by atoms with E-state index in [1.807, 2.05) is 18.3 Å². The van der Waals surface area contributed by atoms with E-state index in [-0.39, 0.29) is 0 Å². The standard InChI is InChI=1S/C15H13ClN4O/c16-13-6-10(3-4-12(13)14(17)21)19-7-9-8-20-15-11(9)2-1-5-18-15/h1-6,8,19H,7H2,(H2,17,21)(H,18,20).